The van der Waals surface area contributed by atoms with E-state index < -0.39 is 10.0 Å². The second-order valence-electron chi connectivity index (χ2n) is 3.96. The van der Waals surface area contributed by atoms with Crippen LogP contribution >= 0.6 is 23.2 Å². The Bertz CT molecular complexity index is 748. The van der Waals surface area contributed by atoms with Gasteiger partial charge >= 0.3 is 0 Å². The summed E-state index contributed by atoms with van der Waals surface area (Å²) in [7, 11) is -3.86. The highest BCUT2D eigenvalue weighted by molar-refractivity contribution is 7.92. The quantitative estimate of drug-likeness (QED) is 0.841. The molecule has 0 aliphatic rings. The molecule has 0 spiro atoms. The number of nitrogens with one attached hydrogen (secondary N) is 1. The van der Waals surface area contributed by atoms with E-state index in [1.807, 2.05) is 0 Å². The first-order valence-corrected chi connectivity index (χ1v) is 7.61. The molecule has 0 aliphatic heterocycles. The molecule has 2 rings (SSSR count). The molecule has 0 saturated carbocycles. The second-order valence-corrected chi connectivity index (χ2v) is 6.44. The van der Waals surface area contributed by atoms with E-state index in [-0.39, 0.29) is 20.9 Å². The summed E-state index contributed by atoms with van der Waals surface area (Å²) in [6.45, 7) is 1.59. The fourth-order valence-corrected chi connectivity index (χ4v) is 3.21. The zero-order valence-electron chi connectivity index (χ0n) is 10.3. The Hall–Kier alpha value is -1.57. The van der Waals surface area contributed by atoms with Crippen LogP contribution < -0.4 is 10.5 Å². The van der Waals surface area contributed by atoms with Crippen molar-refractivity contribution in [2.24, 2.45) is 0 Å². The van der Waals surface area contributed by atoms with Crippen molar-refractivity contribution in [2.45, 2.75) is 11.8 Å². The second kappa shape index (κ2) is 5.43. The first-order valence-electron chi connectivity index (χ1n) is 5.37. The summed E-state index contributed by atoms with van der Waals surface area (Å²) in [6, 6.07) is 5.62. The van der Waals surface area contributed by atoms with Crippen LogP contribution in [0.2, 0.25) is 10.2 Å². The van der Waals surface area contributed by atoms with Crippen LogP contribution in [0.25, 0.3) is 0 Å². The molecule has 6 nitrogen and oxygen atoms in total. The third kappa shape index (κ3) is 3.12. The zero-order chi connectivity index (χ0) is 14.9. The van der Waals surface area contributed by atoms with Crippen molar-refractivity contribution in [3.63, 3.8) is 0 Å². The number of hydrogen-bond donors (Lipinski definition) is 2. The van der Waals surface area contributed by atoms with E-state index >= 15 is 0 Å². The molecule has 3 N–H and O–H groups in total. The molecule has 1 aromatic heterocycles. The molecule has 1 heterocycles. The van der Waals surface area contributed by atoms with Crippen molar-refractivity contribution >= 4 is 44.7 Å². The van der Waals surface area contributed by atoms with Gasteiger partial charge in [-0.15, -0.1) is 10.2 Å². The van der Waals surface area contributed by atoms with Crippen LogP contribution in [0.3, 0.4) is 0 Å². The standard InChI is InChI=1S/C11H10Cl2N4O2S/c1-6-8(14)4-7(12)5-9(6)20(18,19)17-11-3-2-10(13)15-16-11/h2-5H,14H2,1H3,(H,16,17). The maximum atomic E-state index is 12.3. The van der Waals surface area contributed by atoms with E-state index in [1.165, 1.54) is 24.3 Å². The number of hydrogen-bond acceptors (Lipinski definition) is 5. The predicted molar refractivity (Wildman–Crippen MR) is 78.5 cm³/mol. The van der Waals surface area contributed by atoms with E-state index in [2.05, 4.69) is 14.9 Å². The van der Waals surface area contributed by atoms with Crippen LogP contribution in [0.5, 0.6) is 0 Å². The molecule has 0 amide bonds. The van der Waals surface area contributed by atoms with Gasteiger partial charge in [-0.1, -0.05) is 23.2 Å². The zero-order valence-corrected chi connectivity index (χ0v) is 12.6. The van der Waals surface area contributed by atoms with Gasteiger partial charge in [0.25, 0.3) is 10.0 Å². The van der Waals surface area contributed by atoms with E-state index in [4.69, 9.17) is 28.9 Å². The summed E-state index contributed by atoms with van der Waals surface area (Å²) >= 11 is 11.4. The minimum atomic E-state index is -3.86. The van der Waals surface area contributed by atoms with E-state index in [9.17, 15) is 8.42 Å². The summed E-state index contributed by atoms with van der Waals surface area (Å²) in [6.07, 6.45) is 0. The molecule has 0 radical (unpaired) electrons. The van der Waals surface area contributed by atoms with Crippen molar-refractivity contribution in [1.82, 2.24) is 10.2 Å². The lowest BCUT2D eigenvalue weighted by atomic mass is 10.2. The molecule has 106 valence electrons. The average molecular weight is 333 g/mol. The Kier molecular flexibility index (Phi) is 4.03. The molecule has 20 heavy (non-hydrogen) atoms. The lowest BCUT2D eigenvalue weighted by Crippen LogP contribution is -2.16. The molecule has 0 saturated heterocycles. The van der Waals surface area contributed by atoms with Gasteiger partial charge in [0.05, 0.1) is 4.90 Å². The van der Waals surface area contributed by atoms with E-state index in [0.717, 1.165) is 0 Å². The van der Waals surface area contributed by atoms with Crippen LogP contribution in [0.4, 0.5) is 11.5 Å². The van der Waals surface area contributed by atoms with Crippen molar-refractivity contribution in [3.8, 4) is 0 Å². The Morgan fingerprint density at radius 1 is 1.20 bits per heavy atom. The number of nitrogens with zero attached hydrogens (tertiary/aromatic N) is 2. The highest BCUT2D eigenvalue weighted by atomic mass is 35.5. The topological polar surface area (TPSA) is 98.0 Å². The Morgan fingerprint density at radius 3 is 2.50 bits per heavy atom. The number of halogens is 2. The summed E-state index contributed by atoms with van der Waals surface area (Å²) in [5.74, 6) is 0.0485. The van der Waals surface area contributed by atoms with Gasteiger partial charge in [-0.3, -0.25) is 4.72 Å². The van der Waals surface area contributed by atoms with Crippen LogP contribution in [0.1, 0.15) is 5.56 Å². The molecular formula is C11H10Cl2N4O2S. The van der Waals surface area contributed by atoms with Gasteiger partial charge in [0.15, 0.2) is 11.0 Å². The van der Waals surface area contributed by atoms with Crippen LogP contribution in [-0.2, 0) is 10.0 Å². The molecule has 0 aliphatic carbocycles. The van der Waals surface area contributed by atoms with E-state index in [0.29, 0.717) is 11.3 Å². The van der Waals surface area contributed by atoms with Gasteiger partial charge in [0, 0.05) is 10.7 Å². The van der Waals surface area contributed by atoms with Gasteiger partial charge in [-0.25, -0.2) is 8.42 Å². The largest absolute Gasteiger partial charge is 0.398 e. The average Bonchev–Trinajstić information content (AvgIpc) is 2.36. The summed E-state index contributed by atoms with van der Waals surface area (Å²) < 4.78 is 26.9. The summed E-state index contributed by atoms with van der Waals surface area (Å²) in [5, 5.41) is 7.57. The molecule has 1 aromatic carbocycles. The van der Waals surface area contributed by atoms with Crippen molar-refractivity contribution < 1.29 is 8.42 Å². The van der Waals surface area contributed by atoms with Crippen molar-refractivity contribution in [2.75, 3.05) is 10.5 Å². The van der Waals surface area contributed by atoms with Crippen molar-refractivity contribution in [1.29, 1.82) is 0 Å². The highest BCUT2D eigenvalue weighted by Gasteiger charge is 2.20. The smallest absolute Gasteiger partial charge is 0.263 e. The predicted octanol–water partition coefficient (Wildman–Crippen LogP) is 2.47. The van der Waals surface area contributed by atoms with Gasteiger partial charge in [0.1, 0.15) is 0 Å². The molecule has 0 fully saturated rings. The van der Waals surface area contributed by atoms with Crippen molar-refractivity contribution in [3.05, 3.63) is 40.0 Å². The van der Waals surface area contributed by atoms with Crippen LogP contribution in [-0.4, -0.2) is 18.6 Å². The number of nitrogens with two attached hydrogens (primary N) is 1. The third-order valence-corrected chi connectivity index (χ3v) is 4.43. The number of aromatic nitrogens is 2. The highest BCUT2D eigenvalue weighted by Crippen LogP contribution is 2.27. The number of rotatable bonds is 3. The lowest BCUT2D eigenvalue weighted by Gasteiger charge is -2.11. The fourth-order valence-electron chi connectivity index (χ4n) is 1.52. The van der Waals surface area contributed by atoms with Gasteiger partial charge in [-0.2, -0.15) is 0 Å². The Morgan fingerprint density at radius 2 is 1.90 bits per heavy atom. The fraction of sp³-hybridized carbons (Fsp3) is 0.0909. The number of nitrogen functional groups attached to an aromatic ring is 1. The monoisotopic (exact) mass is 332 g/mol. The third-order valence-electron chi connectivity index (χ3n) is 2.53. The summed E-state index contributed by atoms with van der Waals surface area (Å²) in [5.41, 5.74) is 6.41. The summed E-state index contributed by atoms with van der Waals surface area (Å²) in [4.78, 5) is -0.0146. The van der Waals surface area contributed by atoms with Gasteiger partial charge in [-0.05, 0) is 36.8 Å². The number of sulfonamides is 1. The molecular weight excluding hydrogens is 323 g/mol. The molecule has 2 aromatic rings. The first-order chi connectivity index (χ1) is 9.29. The SMILES string of the molecule is Cc1c(N)cc(Cl)cc1S(=O)(=O)Nc1ccc(Cl)nn1. The Balaban J connectivity index is 2.43. The number of anilines is 2. The maximum Gasteiger partial charge on any atom is 0.263 e. The molecule has 0 unspecified atom stereocenters. The minimum absolute atomic E-state index is 0.0146. The van der Waals surface area contributed by atoms with Crippen LogP contribution in [0.15, 0.2) is 29.2 Å². The lowest BCUT2D eigenvalue weighted by molar-refractivity contribution is 0.600. The molecule has 0 atom stereocenters. The normalized spacial score (nSPS) is 11.3. The number of benzene rings is 1. The maximum absolute atomic E-state index is 12.3. The minimum Gasteiger partial charge on any atom is -0.398 e. The van der Waals surface area contributed by atoms with Crippen LogP contribution in [0, 0.1) is 6.92 Å². The van der Waals surface area contributed by atoms with Gasteiger partial charge < -0.3 is 5.73 Å². The first kappa shape index (κ1) is 14.8. The molecule has 9 heteroatoms. The molecule has 0 bridgehead atoms. The van der Waals surface area contributed by atoms with Gasteiger partial charge in [0.2, 0.25) is 0 Å². The van der Waals surface area contributed by atoms with E-state index in [1.54, 1.807) is 6.92 Å². The Labute approximate surface area is 126 Å².